The molecule has 0 heterocycles. The SMILES string of the molecule is CC/C=C\C/C=C\C/C=C\C/C=C\C/C=C\C/C=C\C/C=C\C/C=C\C/C=C\CCCCCCCC(=O)OC(COC(=O)CCCCCCCCC)COP(=O)(O)OCCN. The number of hydrogen-bond donors (Lipinski definition) is 2. The molecule has 0 amide bonds. The third-order valence-electron chi connectivity index (χ3n) is 9.17. The summed E-state index contributed by atoms with van der Waals surface area (Å²) in [4.78, 5) is 34.7. The highest BCUT2D eigenvalue weighted by molar-refractivity contribution is 7.47. The summed E-state index contributed by atoms with van der Waals surface area (Å²) in [5, 5.41) is 0. The minimum Gasteiger partial charge on any atom is -0.462 e. The second kappa shape index (κ2) is 46.2. The van der Waals surface area contributed by atoms with Crippen molar-refractivity contribution in [3.8, 4) is 0 Å². The molecular formula is C51H84NO8P. The van der Waals surface area contributed by atoms with Crippen LogP contribution in [0.3, 0.4) is 0 Å². The van der Waals surface area contributed by atoms with E-state index in [0.29, 0.717) is 6.42 Å². The van der Waals surface area contributed by atoms with Gasteiger partial charge in [-0.25, -0.2) is 4.57 Å². The van der Waals surface area contributed by atoms with Gasteiger partial charge in [0.1, 0.15) is 6.61 Å². The first-order valence-electron chi connectivity index (χ1n) is 23.4. The summed E-state index contributed by atoms with van der Waals surface area (Å²) < 4.78 is 32.6. The maximum atomic E-state index is 12.6. The predicted octanol–water partition coefficient (Wildman–Crippen LogP) is 13.9. The quantitative estimate of drug-likeness (QED) is 0.0266. The third kappa shape index (κ3) is 46.0. The van der Waals surface area contributed by atoms with Gasteiger partial charge in [-0.1, -0.05) is 181 Å². The van der Waals surface area contributed by atoms with E-state index >= 15 is 0 Å². The van der Waals surface area contributed by atoms with Gasteiger partial charge in [0.15, 0.2) is 6.10 Å². The van der Waals surface area contributed by atoms with Crippen molar-refractivity contribution >= 4 is 19.8 Å². The highest BCUT2D eigenvalue weighted by Crippen LogP contribution is 2.43. The zero-order chi connectivity index (χ0) is 44.6. The molecule has 0 rings (SSSR count). The van der Waals surface area contributed by atoms with Crippen LogP contribution in [0.4, 0.5) is 0 Å². The molecule has 0 aromatic carbocycles. The molecule has 0 saturated carbocycles. The van der Waals surface area contributed by atoms with Gasteiger partial charge in [-0.05, 0) is 83.5 Å². The lowest BCUT2D eigenvalue weighted by atomic mass is 10.1. The Bertz CT molecular complexity index is 1360. The van der Waals surface area contributed by atoms with E-state index in [1.165, 1.54) is 19.3 Å². The van der Waals surface area contributed by atoms with Crippen LogP contribution in [-0.2, 0) is 32.7 Å². The summed E-state index contributed by atoms with van der Waals surface area (Å²) in [6.07, 6.45) is 61.6. The van der Waals surface area contributed by atoms with Gasteiger partial charge in [0.05, 0.1) is 13.2 Å². The second-order valence-electron chi connectivity index (χ2n) is 14.9. The molecule has 0 spiro atoms. The van der Waals surface area contributed by atoms with E-state index < -0.39 is 32.5 Å². The number of rotatable bonds is 42. The van der Waals surface area contributed by atoms with Crippen LogP contribution in [0.25, 0.3) is 0 Å². The molecule has 0 aliphatic carbocycles. The number of carbonyl (C=O) groups excluding carboxylic acids is 2. The van der Waals surface area contributed by atoms with Crippen LogP contribution >= 0.6 is 7.82 Å². The van der Waals surface area contributed by atoms with Gasteiger partial charge in [-0.15, -0.1) is 0 Å². The van der Waals surface area contributed by atoms with Gasteiger partial charge in [0.2, 0.25) is 0 Å². The summed E-state index contributed by atoms with van der Waals surface area (Å²) in [5.74, 6) is -0.868. The second-order valence-corrected chi connectivity index (χ2v) is 16.3. The van der Waals surface area contributed by atoms with E-state index in [-0.39, 0.29) is 32.6 Å². The van der Waals surface area contributed by atoms with Crippen LogP contribution in [0.5, 0.6) is 0 Å². The van der Waals surface area contributed by atoms with Crippen LogP contribution in [0.15, 0.2) is 109 Å². The monoisotopic (exact) mass is 870 g/mol. The number of phosphoric acid groups is 1. The maximum absolute atomic E-state index is 12.6. The number of hydrogen-bond acceptors (Lipinski definition) is 8. The zero-order valence-corrected chi connectivity index (χ0v) is 39.0. The van der Waals surface area contributed by atoms with E-state index in [2.05, 4.69) is 123 Å². The van der Waals surface area contributed by atoms with Crippen LogP contribution < -0.4 is 5.73 Å². The van der Waals surface area contributed by atoms with Crippen molar-refractivity contribution in [2.24, 2.45) is 5.73 Å². The zero-order valence-electron chi connectivity index (χ0n) is 38.1. The molecule has 9 nitrogen and oxygen atoms in total. The molecule has 0 aliphatic heterocycles. The van der Waals surface area contributed by atoms with E-state index in [0.717, 1.165) is 116 Å². The Morgan fingerprint density at radius 1 is 0.508 bits per heavy atom. The van der Waals surface area contributed by atoms with Crippen molar-refractivity contribution in [2.75, 3.05) is 26.4 Å². The minimum absolute atomic E-state index is 0.0448. The summed E-state index contributed by atoms with van der Waals surface area (Å²) in [6.45, 7) is 3.51. The largest absolute Gasteiger partial charge is 0.472 e. The highest BCUT2D eigenvalue weighted by atomic mass is 31.2. The van der Waals surface area contributed by atoms with Crippen LogP contribution in [0.1, 0.15) is 168 Å². The Kier molecular flexibility index (Phi) is 43.7. The van der Waals surface area contributed by atoms with Crippen molar-refractivity contribution in [1.29, 1.82) is 0 Å². The van der Waals surface area contributed by atoms with Crippen molar-refractivity contribution in [2.45, 2.75) is 174 Å². The molecular weight excluding hydrogens is 786 g/mol. The molecule has 61 heavy (non-hydrogen) atoms. The maximum Gasteiger partial charge on any atom is 0.472 e. The molecule has 0 aromatic heterocycles. The molecule has 0 radical (unpaired) electrons. The number of carbonyl (C=O) groups is 2. The van der Waals surface area contributed by atoms with Crippen molar-refractivity contribution in [3.63, 3.8) is 0 Å². The molecule has 0 bridgehead atoms. The average Bonchev–Trinajstić information content (AvgIpc) is 3.25. The molecule has 0 saturated heterocycles. The summed E-state index contributed by atoms with van der Waals surface area (Å²) in [7, 11) is -4.38. The highest BCUT2D eigenvalue weighted by Gasteiger charge is 2.26. The predicted molar refractivity (Wildman–Crippen MR) is 256 cm³/mol. The Labute approximate surface area is 371 Å². The fraction of sp³-hybridized carbons (Fsp3) is 0.608. The van der Waals surface area contributed by atoms with Crippen LogP contribution in [-0.4, -0.2) is 49.3 Å². The molecule has 10 heteroatoms. The van der Waals surface area contributed by atoms with Crippen molar-refractivity contribution in [1.82, 2.24) is 0 Å². The van der Waals surface area contributed by atoms with E-state index in [9.17, 15) is 19.0 Å². The molecule has 0 aromatic rings. The average molecular weight is 870 g/mol. The number of esters is 2. The number of allylic oxidation sites excluding steroid dienone is 18. The number of phosphoric ester groups is 1. The lowest BCUT2D eigenvalue weighted by molar-refractivity contribution is -0.161. The molecule has 0 aliphatic rings. The van der Waals surface area contributed by atoms with Gasteiger partial charge in [0.25, 0.3) is 0 Å². The van der Waals surface area contributed by atoms with Crippen molar-refractivity contribution < 1.29 is 37.6 Å². The Morgan fingerprint density at radius 3 is 1.34 bits per heavy atom. The Morgan fingerprint density at radius 2 is 0.902 bits per heavy atom. The summed E-state index contributed by atoms with van der Waals surface area (Å²) >= 11 is 0. The van der Waals surface area contributed by atoms with Gasteiger partial charge in [-0.3, -0.25) is 18.6 Å². The van der Waals surface area contributed by atoms with Gasteiger partial charge < -0.3 is 20.1 Å². The molecule has 2 unspecified atom stereocenters. The molecule has 0 fully saturated rings. The molecule has 3 N–H and O–H groups in total. The van der Waals surface area contributed by atoms with Crippen molar-refractivity contribution in [3.05, 3.63) is 109 Å². The van der Waals surface area contributed by atoms with Crippen LogP contribution in [0, 0.1) is 0 Å². The fourth-order valence-corrected chi connectivity index (χ4v) is 6.51. The molecule has 2 atom stereocenters. The summed E-state index contributed by atoms with van der Waals surface area (Å²) in [5.41, 5.74) is 5.33. The lowest BCUT2D eigenvalue weighted by Crippen LogP contribution is -2.29. The standard InChI is InChI=1S/C51H84NO8P/c1-3-5-7-9-11-12-13-14-15-16-17-18-19-20-21-22-23-24-25-26-27-28-29-30-31-32-33-34-35-36-38-40-42-44-51(54)60-49(48-59-61(55,56)58-46-45-52)47-57-50(53)43-41-39-37-10-8-6-4-2/h5,7,11-12,14-15,17-18,20-21,23-24,26-27,29-30,32-33,49H,3-4,6,8-10,13,16,19,22,25,28,31,34-48,52H2,1-2H3,(H,55,56)/b7-5-,12-11-,15-14-,18-17-,21-20-,24-23-,27-26-,30-29-,33-32-. The van der Waals surface area contributed by atoms with Gasteiger partial charge in [-0.2, -0.15) is 0 Å². The first-order chi connectivity index (χ1) is 29.8. The Balaban J connectivity index is 4.04. The van der Waals surface area contributed by atoms with E-state index in [1.807, 2.05) is 0 Å². The topological polar surface area (TPSA) is 134 Å². The van der Waals surface area contributed by atoms with Gasteiger partial charge in [0, 0.05) is 19.4 Å². The smallest absolute Gasteiger partial charge is 0.462 e. The number of nitrogens with two attached hydrogens (primary N) is 1. The van der Waals surface area contributed by atoms with Gasteiger partial charge >= 0.3 is 19.8 Å². The van der Waals surface area contributed by atoms with E-state index in [1.54, 1.807) is 0 Å². The number of ether oxygens (including phenoxy) is 2. The third-order valence-corrected chi connectivity index (χ3v) is 10.2. The molecule has 346 valence electrons. The normalized spacial score (nSPS) is 14.2. The number of unbranched alkanes of at least 4 members (excludes halogenated alkanes) is 11. The van der Waals surface area contributed by atoms with E-state index in [4.69, 9.17) is 24.3 Å². The van der Waals surface area contributed by atoms with Crippen LogP contribution in [0.2, 0.25) is 0 Å². The fourth-order valence-electron chi connectivity index (χ4n) is 5.74. The first kappa shape index (κ1) is 57.7. The lowest BCUT2D eigenvalue weighted by Gasteiger charge is -2.19. The minimum atomic E-state index is -4.38. The first-order valence-corrected chi connectivity index (χ1v) is 24.9. The summed E-state index contributed by atoms with van der Waals surface area (Å²) in [6, 6.07) is 0. The Hall–Kier alpha value is -3.33.